The second kappa shape index (κ2) is 6.92. The number of carbonyl (C=O) groups is 1. The third-order valence-corrected chi connectivity index (χ3v) is 3.14. The molecule has 2 aromatic carbocycles. The van der Waals surface area contributed by atoms with Gasteiger partial charge in [0.25, 0.3) is 5.91 Å². The molecule has 1 amide bonds. The molecule has 6 heteroatoms. The van der Waals surface area contributed by atoms with E-state index in [1.807, 2.05) is 6.07 Å². The predicted octanol–water partition coefficient (Wildman–Crippen LogP) is 3.76. The highest BCUT2D eigenvalue weighted by Gasteiger charge is 2.16. The van der Waals surface area contributed by atoms with Gasteiger partial charge in [0.15, 0.2) is 6.10 Å². The lowest BCUT2D eigenvalue weighted by Crippen LogP contribution is -2.30. The summed E-state index contributed by atoms with van der Waals surface area (Å²) in [4.78, 5) is 12.0. The molecule has 2 rings (SSSR count). The van der Waals surface area contributed by atoms with Gasteiger partial charge >= 0.3 is 0 Å². The molecule has 0 fully saturated rings. The van der Waals surface area contributed by atoms with Crippen molar-refractivity contribution >= 4 is 23.2 Å². The van der Waals surface area contributed by atoms with Crippen LogP contribution in [0.1, 0.15) is 12.5 Å². The summed E-state index contributed by atoms with van der Waals surface area (Å²) in [5.74, 6) is -0.636. The number of halogens is 2. The van der Waals surface area contributed by atoms with Crippen molar-refractivity contribution in [3.8, 4) is 11.8 Å². The van der Waals surface area contributed by atoms with Gasteiger partial charge < -0.3 is 10.1 Å². The molecular weight excluding hydrogens is 307 g/mol. The van der Waals surface area contributed by atoms with Gasteiger partial charge in [0, 0.05) is 5.69 Å². The van der Waals surface area contributed by atoms with Crippen LogP contribution in [0.2, 0.25) is 5.02 Å². The quantitative estimate of drug-likeness (QED) is 0.933. The molecule has 112 valence electrons. The Kier molecular flexibility index (Phi) is 4.97. The van der Waals surface area contributed by atoms with Crippen LogP contribution < -0.4 is 10.1 Å². The fraction of sp³-hybridized carbons (Fsp3) is 0.125. The molecule has 4 nitrogen and oxygen atoms in total. The van der Waals surface area contributed by atoms with Gasteiger partial charge in [-0.05, 0) is 49.4 Å². The van der Waals surface area contributed by atoms with Crippen LogP contribution in [-0.2, 0) is 4.79 Å². The maximum absolute atomic E-state index is 13.0. The summed E-state index contributed by atoms with van der Waals surface area (Å²) in [6.45, 7) is 1.55. The number of carbonyl (C=O) groups excluding carboxylic acids is 1. The van der Waals surface area contributed by atoms with Gasteiger partial charge in [0.1, 0.15) is 11.6 Å². The topological polar surface area (TPSA) is 62.1 Å². The number of benzene rings is 2. The van der Waals surface area contributed by atoms with E-state index >= 15 is 0 Å². The average Bonchev–Trinajstić information content (AvgIpc) is 2.50. The van der Waals surface area contributed by atoms with Gasteiger partial charge in [0.05, 0.1) is 16.7 Å². The molecule has 22 heavy (non-hydrogen) atoms. The van der Waals surface area contributed by atoms with Crippen molar-refractivity contribution in [3.63, 3.8) is 0 Å². The number of amides is 1. The van der Waals surface area contributed by atoms with Crippen LogP contribution >= 0.6 is 11.6 Å². The van der Waals surface area contributed by atoms with E-state index < -0.39 is 11.9 Å². The molecule has 0 spiro atoms. The van der Waals surface area contributed by atoms with Crippen molar-refractivity contribution in [3.05, 3.63) is 58.9 Å². The van der Waals surface area contributed by atoms with Crippen molar-refractivity contribution in [2.24, 2.45) is 0 Å². The van der Waals surface area contributed by atoms with Crippen LogP contribution in [0.3, 0.4) is 0 Å². The number of hydrogen-bond donors (Lipinski definition) is 1. The number of hydrogen-bond acceptors (Lipinski definition) is 3. The van der Waals surface area contributed by atoms with Crippen LogP contribution in [0.15, 0.2) is 42.5 Å². The van der Waals surface area contributed by atoms with Gasteiger partial charge in [-0.2, -0.15) is 5.26 Å². The number of nitrogens with one attached hydrogen (secondary N) is 1. The second-order valence-electron chi connectivity index (χ2n) is 4.51. The standard InChI is InChI=1S/C16H12ClFN2O2/c1-10(22-15-7-4-12(18)8-14(15)17)16(21)20-13-5-2-11(9-19)3-6-13/h2-8,10H,1H3,(H,20,21)/t10-/m0/s1. The van der Waals surface area contributed by atoms with Crippen LogP contribution in [0.5, 0.6) is 5.75 Å². The van der Waals surface area contributed by atoms with E-state index in [4.69, 9.17) is 21.6 Å². The number of rotatable bonds is 4. The van der Waals surface area contributed by atoms with E-state index in [-0.39, 0.29) is 16.7 Å². The summed E-state index contributed by atoms with van der Waals surface area (Å²) in [6, 6.07) is 12.1. The Bertz CT molecular complexity index is 726. The van der Waals surface area contributed by atoms with Gasteiger partial charge in [-0.25, -0.2) is 4.39 Å². The Morgan fingerprint density at radius 3 is 2.59 bits per heavy atom. The highest BCUT2D eigenvalue weighted by atomic mass is 35.5. The molecule has 1 N–H and O–H groups in total. The van der Waals surface area contributed by atoms with Gasteiger partial charge in [-0.15, -0.1) is 0 Å². The highest BCUT2D eigenvalue weighted by Crippen LogP contribution is 2.26. The summed E-state index contributed by atoms with van der Waals surface area (Å²) < 4.78 is 18.4. The molecule has 0 radical (unpaired) electrons. The fourth-order valence-electron chi connectivity index (χ4n) is 1.69. The molecule has 0 bridgehead atoms. The SMILES string of the molecule is C[C@H](Oc1ccc(F)cc1Cl)C(=O)Nc1ccc(C#N)cc1. The van der Waals surface area contributed by atoms with Crippen molar-refractivity contribution in [2.45, 2.75) is 13.0 Å². The second-order valence-corrected chi connectivity index (χ2v) is 4.92. The molecule has 0 heterocycles. The molecule has 0 unspecified atom stereocenters. The molecule has 0 aliphatic rings. The molecule has 2 aromatic rings. The Hall–Kier alpha value is -2.58. The summed E-state index contributed by atoms with van der Waals surface area (Å²) in [5.41, 5.74) is 1.05. The maximum Gasteiger partial charge on any atom is 0.265 e. The first-order valence-corrected chi connectivity index (χ1v) is 6.80. The number of nitriles is 1. The minimum Gasteiger partial charge on any atom is -0.479 e. The lowest BCUT2D eigenvalue weighted by atomic mass is 10.2. The molecule has 0 saturated carbocycles. The zero-order valence-corrected chi connectivity index (χ0v) is 12.4. The van der Waals surface area contributed by atoms with Gasteiger partial charge in [-0.3, -0.25) is 4.79 Å². The Morgan fingerprint density at radius 1 is 1.32 bits per heavy atom. The van der Waals surface area contributed by atoms with E-state index in [0.717, 1.165) is 6.07 Å². The summed E-state index contributed by atoms with van der Waals surface area (Å²) in [6.07, 6.45) is -0.821. The molecular formula is C16H12ClFN2O2. The fourth-order valence-corrected chi connectivity index (χ4v) is 1.90. The van der Waals surface area contributed by atoms with Crippen LogP contribution in [-0.4, -0.2) is 12.0 Å². The maximum atomic E-state index is 13.0. The van der Waals surface area contributed by atoms with E-state index in [9.17, 15) is 9.18 Å². The molecule has 0 aromatic heterocycles. The zero-order valence-electron chi connectivity index (χ0n) is 11.6. The Labute approximate surface area is 132 Å². The lowest BCUT2D eigenvalue weighted by Gasteiger charge is -2.15. The van der Waals surface area contributed by atoms with E-state index in [0.29, 0.717) is 11.3 Å². The molecule has 1 atom stereocenters. The van der Waals surface area contributed by atoms with Gasteiger partial charge in [-0.1, -0.05) is 11.6 Å². The van der Waals surface area contributed by atoms with Crippen LogP contribution in [0, 0.1) is 17.1 Å². The van der Waals surface area contributed by atoms with Crippen molar-refractivity contribution in [2.75, 3.05) is 5.32 Å². The van der Waals surface area contributed by atoms with Gasteiger partial charge in [0.2, 0.25) is 0 Å². The molecule has 0 saturated heterocycles. The summed E-state index contributed by atoms with van der Waals surface area (Å²) in [7, 11) is 0. The monoisotopic (exact) mass is 318 g/mol. The average molecular weight is 319 g/mol. The third kappa shape index (κ3) is 3.96. The smallest absolute Gasteiger partial charge is 0.265 e. The summed E-state index contributed by atoms with van der Waals surface area (Å²) >= 11 is 5.84. The normalized spacial score (nSPS) is 11.4. The molecule has 0 aliphatic carbocycles. The minimum absolute atomic E-state index is 0.0954. The van der Waals surface area contributed by atoms with E-state index in [1.165, 1.54) is 12.1 Å². The van der Waals surface area contributed by atoms with Crippen LogP contribution in [0.4, 0.5) is 10.1 Å². The molecule has 0 aliphatic heterocycles. The third-order valence-electron chi connectivity index (χ3n) is 2.85. The first-order chi connectivity index (χ1) is 10.5. The van der Waals surface area contributed by atoms with Crippen molar-refractivity contribution in [1.29, 1.82) is 5.26 Å². The van der Waals surface area contributed by atoms with Crippen LogP contribution in [0.25, 0.3) is 0 Å². The number of ether oxygens (including phenoxy) is 1. The highest BCUT2D eigenvalue weighted by molar-refractivity contribution is 6.32. The number of anilines is 1. The van der Waals surface area contributed by atoms with E-state index in [2.05, 4.69) is 5.32 Å². The summed E-state index contributed by atoms with van der Waals surface area (Å²) in [5, 5.41) is 11.5. The Morgan fingerprint density at radius 2 is 2.00 bits per heavy atom. The first-order valence-electron chi connectivity index (χ1n) is 6.42. The Balaban J connectivity index is 2.01. The van der Waals surface area contributed by atoms with Crippen molar-refractivity contribution in [1.82, 2.24) is 0 Å². The first kappa shape index (κ1) is 15.8. The largest absolute Gasteiger partial charge is 0.479 e. The zero-order chi connectivity index (χ0) is 16.1. The minimum atomic E-state index is -0.821. The number of nitrogens with zero attached hydrogens (tertiary/aromatic N) is 1. The lowest BCUT2D eigenvalue weighted by molar-refractivity contribution is -0.122. The van der Waals surface area contributed by atoms with Crippen molar-refractivity contribution < 1.29 is 13.9 Å². The predicted molar refractivity (Wildman–Crippen MR) is 81.3 cm³/mol. The van der Waals surface area contributed by atoms with E-state index in [1.54, 1.807) is 31.2 Å².